The van der Waals surface area contributed by atoms with Gasteiger partial charge in [-0.1, -0.05) is 53.5 Å². The molecule has 0 atom stereocenters. The van der Waals surface area contributed by atoms with Crippen LogP contribution < -0.4 is 10.2 Å². The van der Waals surface area contributed by atoms with Gasteiger partial charge in [0.15, 0.2) is 6.54 Å². The molecule has 0 saturated carbocycles. The highest BCUT2D eigenvalue weighted by molar-refractivity contribution is 6.33. The van der Waals surface area contributed by atoms with Crippen molar-refractivity contribution in [3.8, 4) is 0 Å². The molecule has 1 saturated heterocycles. The number of piperazine rings is 1. The number of benzene rings is 2. The van der Waals surface area contributed by atoms with Gasteiger partial charge in [0.05, 0.1) is 36.9 Å². The van der Waals surface area contributed by atoms with Crippen molar-refractivity contribution >= 4 is 46.8 Å². The number of nitrogens with zero attached hydrogens (tertiary/aromatic N) is 1. The fraction of sp³-hybridized carbons (Fsp3) is 0.238. The van der Waals surface area contributed by atoms with E-state index in [1.807, 2.05) is 30.3 Å². The standard InChI is InChI=1S/C21H21Cl2N3O2/c22-17-6-2-1-5-16(17)9-10-21(28)26-13-11-25(12-14-26)15-20(27)24-19-8-4-3-7-18(19)23/h1-10H,11-15H2,(H,24,27)/p+1/b10-9+. The summed E-state index contributed by atoms with van der Waals surface area (Å²) >= 11 is 12.2. The molecule has 1 heterocycles. The number of carbonyl (C=O) groups is 2. The van der Waals surface area contributed by atoms with E-state index < -0.39 is 0 Å². The quantitative estimate of drug-likeness (QED) is 0.732. The van der Waals surface area contributed by atoms with Gasteiger partial charge >= 0.3 is 0 Å². The Hall–Kier alpha value is -2.34. The SMILES string of the molecule is O=C(C[NH+]1CCN(C(=O)/C=C/c2ccccc2Cl)CC1)Nc1ccccc1Cl. The van der Waals surface area contributed by atoms with Gasteiger partial charge in [-0.25, -0.2) is 0 Å². The van der Waals surface area contributed by atoms with E-state index >= 15 is 0 Å². The second kappa shape index (κ2) is 9.73. The average Bonchev–Trinajstić information content (AvgIpc) is 2.69. The van der Waals surface area contributed by atoms with E-state index in [2.05, 4.69) is 5.32 Å². The van der Waals surface area contributed by atoms with Gasteiger partial charge in [0.2, 0.25) is 5.91 Å². The summed E-state index contributed by atoms with van der Waals surface area (Å²) < 4.78 is 0. The highest BCUT2D eigenvalue weighted by atomic mass is 35.5. The summed E-state index contributed by atoms with van der Waals surface area (Å²) in [5.74, 6) is -0.124. The maximum Gasteiger partial charge on any atom is 0.279 e. The predicted octanol–water partition coefficient (Wildman–Crippen LogP) is 2.37. The highest BCUT2D eigenvalue weighted by Crippen LogP contribution is 2.20. The summed E-state index contributed by atoms with van der Waals surface area (Å²) in [6.45, 7) is 3.02. The lowest BCUT2D eigenvalue weighted by Crippen LogP contribution is -3.15. The number of amides is 2. The van der Waals surface area contributed by atoms with Crippen LogP contribution in [0.4, 0.5) is 5.69 Å². The molecule has 0 spiro atoms. The van der Waals surface area contributed by atoms with Crippen molar-refractivity contribution in [1.29, 1.82) is 0 Å². The van der Waals surface area contributed by atoms with Gasteiger partial charge in [0.1, 0.15) is 0 Å². The number of quaternary nitrogens is 1. The third kappa shape index (κ3) is 5.58. The second-order valence-electron chi connectivity index (χ2n) is 6.63. The Morgan fingerprint density at radius 3 is 2.32 bits per heavy atom. The Balaban J connectivity index is 1.46. The van der Waals surface area contributed by atoms with Crippen LogP contribution in [0.3, 0.4) is 0 Å². The number of nitrogens with one attached hydrogen (secondary N) is 2. The minimum Gasteiger partial charge on any atom is -0.328 e. The molecule has 2 amide bonds. The summed E-state index contributed by atoms with van der Waals surface area (Å²) in [7, 11) is 0. The third-order valence-electron chi connectivity index (χ3n) is 4.65. The van der Waals surface area contributed by atoms with Gasteiger partial charge < -0.3 is 15.1 Å². The number of hydrogen-bond donors (Lipinski definition) is 2. The van der Waals surface area contributed by atoms with Crippen LogP contribution >= 0.6 is 23.2 Å². The topological polar surface area (TPSA) is 53.9 Å². The zero-order chi connectivity index (χ0) is 19.9. The molecule has 2 aromatic rings. The highest BCUT2D eigenvalue weighted by Gasteiger charge is 2.24. The fourth-order valence-corrected chi connectivity index (χ4v) is 3.46. The molecule has 0 aliphatic carbocycles. The van der Waals surface area contributed by atoms with Crippen LogP contribution in [-0.4, -0.2) is 49.4 Å². The predicted molar refractivity (Wildman–Crippen MR) is 113 cm³/mol. The molecule has 5 nitrogen and oxygen atoms in total. The molecule has 0 aromatic heterocycles. The van der Waals surface area contributed by atoms with E-state index in [0.29, 0.717) is 35.4 Å². The monoisotopic (exact) mass is 418 g/mol. The van der Waals surface area contributed by atoms with Gasteiger partial charge in [-0.3, -0.25) is 9.59 Å². The molecular formula is C21H22Cl2N3O2+. The first-order valence-corrected chi connectivity index (χ1v) is 9.88. The normalized spacial score (nSPS) is 15.0. The first-order chi connectivity index (χ1) is 13.5. The number of carbonyl (C=O) groups excluding carboxylic acids is 2. The Labute approximate surface area is 174 Å². The lowest BCUT2D eigenvalue weighted by atomic mass is 10.2. The van der Waals surface area contributed by atoms with Crippen LogP contribution in [0.25, 0.3) is 6.08 Å². The van der Waals surface area contributed by atoms with Crippen LogP contribution in [0.1, 0.15) is 5.56 Å². The Kier molecular flexibility index (Phi) is 7.09. The van der Waals surface area contributed by atoms with E-state index in [1.54, 1.807) is 35.3 Å². The van der Waals surface area contributed by atoms with Crippen molar-refractivity contribution < 1.29 is 14.5 Å². The maximum absolute atomic E-state index is 12.4. The molecule has 0 bridgehead atoms. The van der Waals surface area contributed by atoms with Gasteiger partial charge in [-0.2, -0.15) is 0 Å². The van der Waals surface area contributed by atoms with Crippen molar-refractivity contribution in [3.05, 3.63) is 70.2 Å². The molecule has 2 aromatic carbocycles. The van der Waals surface area contributed by atoms with E-state index in [9.17, 15) is 9.59 Å². The van der Waals surface area contributed by atoms with Crippen LogP contribution in [0.5, 0.6) is 0 Å². The number of para-hydroxylation sites is 1. The Morgan fingerprint density at radius 1 is 1.00 bits per heavy atom. The summed E-state index contributed by atoms with van der Waals surface area (Å²) in [6, 6.07) is 14.6. The smallest absolute Gasteiger partial charge is 0.279 e. The first-order valence-electron chi connectivity index (χ1n) is 9.12. The Bertz CT molecular complexity index is 877. The number of halogens is 2. The van der Waals surface area contributed by atoms with E-state index in [4.69, 9.17) is 23.2 Å². The minimum atomic E-state index is -0.0820. The summed E-state index contributed by atoms with van der Waals surface area (Å²) in [6.07, 6.45) is 3.29. The van der Waals surface area contributed by atoms with Crippen molar-refractivity contribution in [2.75, 3.05) is 38.0 Å². The van der Waals surface area contributed by atoms with Crippen LogP contribution in [0.2, 0.25) is 10.0 Å². The Morgan fingerprint density at radius 2 is 1.64 bits per heavy atom. The van der Waals surface area contributed by atoms with Crippen LogP contribution in [0.15, 0.2) is 54.6 Å². The molecule has 146 valence electrons. The molecule has 3 rings (SSSR count). The average molecular weight is 419 g/mol. The fourth-order valence-electron chi connectivity index (χ4n) is 3.08. The molecular weight excluding hydrogens is 397 g/mol. The third-order valence-corrected chi connectivity index (χ3v) is 5.33. The van der Waals surface area contributed by atoms with Crippen molar-refractivity contribution in [2.24, 2.45) is 0 Å². The van der Waals surface area contributed by atoms with Gasteiger partial charge in [0, 0.05) is 11.1 Å². The van der Waals surface area contributed by atoms with E-state index in [0.717, 1.165) is 23.6 Å². The number of anilines is 1. The molecule has 2 N–H and O–H groups in total. The zero-order valence-corrected chi connectivity index (χ0v) is 16.8. The molecule has 1 aliphatic rings. The largest absolute Gasteiger partial charge is 0.328 e. The van der Waals surface area contributed by atoms with Gasteiger partial charge in [-0.15, -0.1) is 0 Å². The van der Waals surface area contributed by atoms with Crippen molar-refractivity contribution in [1.82, 2.24) is 4.90 Å². The molecule has 28 heavy (non-hydrogen) atoms. The summed E-state index contributed by atoms with van der Waals surface area (Å²) in [4.78, 5) is 27.6. The van der Waals surface area contributed by atoms with Crippen molar-refractivity contribution in [2.45, 2.75) is 0 Å². The molecule has 1 fully saturated rings. The molecule has 0 radical (unpaired) electrons. The van der Waals surface area contributed by atoms with Crippen LogP contribution in [-0.2, 0) is 9.59 Å². The lowest BCUT2D eigenvalue weighted by molar-refractivity contribution is -0.895. The maximum atomic E-state index is 12.4. The van der Waals surface area contributed by atoms with Gasteiger partial charge in [0.25, 0.3) is 5.91 Å². The second-order valence-corrected chi connectivity index (χ2v) is 7.45. The lowest BCUT2D eigenvalue weighted by Gasteiger charge is -2.31. The van der Waals surface area contributed by atoms with Crippen LogP contribution in [0, 0.1) is 0 Å². The number of rotatable bonds is 5. The van der Waals surface area contributed by atoms with E-state index in [1.165, 1.54) is 0 Å². The van der Waals surface area contributed by atoms with Gasteiger partial charge in [-0.05, 0) is 29.8 Å². The van der Waals surface area contributed by atoms with Crippen molar-refractivity contribution in [3.63, 3.8) is 0 Å². The number of hydrogen-bond acceptors (Lipinski definition) is 2. The molecule has 0 unspecified atom stereocenters. The first kappa shape index (κ1) is 20.4. The molecule has 1 aliphatic heterocycles. The van der Waals surface area contributed by atoms with E-state index in [-0.39, 0.29) is 11.8 Å². The summed E-state index contributed by atoms with van der Waals surface area (Å²) in [5, 5.41) is 3.98. The molecule has 7 heteroatoms. The summed E-state index contributed by atoms with van der Waals surface area (Å²) in [5.41, 5.74) is 1.44. The minimum absolute atomic E-state index is 0.0421. The zero-order valence-electron chi connectivity index (χ0n) is 15.3.